The van der Waals surface area contributed by atoms with Crippen molar-refractivity contribution >= 4 is 11.8 Å². The summed E-state index contributed by atoms with van der Waals surface area (Å²) in [5, 5.41) is 2.76. The van der Waals surface area contributed by atoms with Gasteiger partial charge in [-0.1, -0.05) is 25.1 Å². The number of carbonyl (C=O) groups excluding carboxylic acids is 1. The number of carbonyl (C=O) groups is 1. The normalized spacial score (nSPS) is 10.4. The number of amides is 1. The summed E-state index contributed by atoms with van der Waals surface area (Å²) < 4.78 is 5.06. The number of hydrogen-bond acceptors (Lipinski definition) is 3. The maximum atomic E-state index is 11.5. The monoisotopic (exact) mass is 236 g/mol. The fourth-order valence-corrected chi connectivity index (χ4v) is 1.42. The minimum Gasteiger partial charge on any atom is -0.448 e. The van der Waals surface area contributed by atoms with Crippen LogP contribution < -0.4 is 5.32 Å². The number of anilines is 1. The van der Waals surface area contributed by atoms with Gasteiger partial charge in [-0.25, -0.2) is 4.79 Å². The average Bonchev–Trinajstić information content (AvgIpc) is 2.29. The third-order valence-corrected chi connectivity index (χ3v) is 2.41. The Kier molecular flexibility index (Phi) is 5.49. The van der Waals surface area contributed by atoms with Crippen LogP contribution in [0.1, 0.15) is 12.5 Å². The molecule has 0 atom stereocenters. The minimum absolute atomic E-state index is 0.396. The molecule has 0 aliphatic heterocycles. The van der Waals surface area contributed by atoms with Crippen molar-refractivity contribution in [1.82, 2.24) is 4.90 Å². The Labute approximate surface area is 103 Å². The summed E-state index contributed by atoms with van der Waals surface area (Å²) in [5.74, 6) is 0. The predicted molar refractivity (Wildman–Crippen MR) is 69.3 cm³/mol. The van der Waals surface area contributed by atoms with Crippen LogP contribution in [0.15, 0.2) is 24.3 Å². The van der Waals surface area contributed by atoms with Crippen LogP contribution >= 0.6 is 0 Å². The summed E-state index contributed by atoms with van der Waals surface area (Å²) in [6.07, 6.45) is 0.487. The zero-order chi connectivity index (χ0) is 12.7. The van der Waals surface area contributed by atoms with Gasteiger partial charge in [-0.3, -0.25) is 5.32 Å². The van der Waals surface area contributed by atoms with E-state index in [1.54, 1.807) is 0 Å². The quantitative estimate of drug-likeness (QED) is 0.853. The first-order valence-electron chi connectivity index (χ1n) is 5.80. The summed E-state index contributed by atoms with van der Waals surface area (Å²) in [5.41, 5.74) is 1.93. The van der Waals surface area contributed by atoms with Gasteiger partial charge in [0.05, 0.1) is 0 Å². The number of nitrogens with zero attached hydrogens (tertiary/aromatic N) is 1. The van der Waals surface area contributed by atoms with Crippen LogP contribution in [0.4, 0.5) is 10.5 Å². The van der Waals surface area contributed by atoms with E-state index in [0.717, 1.165) is 24.2 Å². The van der Waals surface area contributed by atoms with Crippen molar-refractivity contribution < 1.29 is 9.53 Å². The first kappa shape index (κ1) is 13.5. The lowest BCUT2D eigenvalue weighted by atomic mass is 10.1. The Morgan fingerprint density at radius 1 is 1.35 bits per heavy atom. The van der Waals surface area contributed by atoms with Gasteiger partial charge in [0.25, 0.3) is 0 Å². The number of hydrogen-bond donors (Lipinski definition) is 1. The van der Waals surface area contributed by atoms with Crippen molar-refractivity contribution in [2.45, 2.75) is 13.3 Å². The molecule has 0 aliphatic rings. The van der Waals surface area contributed by atoms with Crippen molar-refractivity contribution in [2.24, 2.45) is 0 Å². The van der Waals surface area contributed by atoms with Gasteiger partial charge in [0.2, 0.25) is 0 Å². The standard InChI is InChI=1S/C13H20N2O2/c1-4-11-7-5-6-8-12(11)14-13(16)17-10-9-15(2)3/h5-8H,4,9-10H2,1-3H3,(H,14,16). The first-order valence-corrected chi connectivity index (χ1v) is 5.80. The second-order valence-electron chi connectivity index (χ2n) is 4.07. The summed E-state index contributed by atoms with van der Waals surface area (Å²) >= 11 is 0. The number of likely N-dealkylation sites (N-methyl/N-ethyl adjacent to an activating group) is 1. The molecule has 4 heteroatoms. The maximum absolute atomic E-state index is 11.5. The summed E-state index contributed by atoms with van der Waals surface area (Å²) in [4.78, 5) is 13.5. The van der Waals surface area contributed by atoms with Gasteiger partial charge >= 0.3 is 6.09 Å². The fraction of sp³-hybridized carbons (Fsp3) is 0.462. The molecular weight excluding hydrogens is 216 g/mol. The third-order valence-electron chi connectivity index (χ3n) is 2.41. The van der Waals surface area contributed by atoms with E-state index in [4.69, 9.17) is 4.74 Å². The van der Waals surface area contributed by atoms with Gasteiger partial charge in [-0.2, -0.15) is 0 Å². The van der Waals surface area contributed by atoms with Crippen LogP contribution in [0.3, 0.4) is 0 Å². The van der Waals surface area contributed by atoms with Crippen molar-refractivity contribution in [2.75, 3.05) is 32.6 Å². The second kappa shape index (κ2) is 6.91. The average molecular weight is 236 g/mol. The lowest BCUT2D eigenvalue weighted by Crippen LogP contribution is -2.22. The van der Waals surface area contributed by atoms with E-state index in [-0.39, 0.29) is 0 Å². The number of aryl methyl sites for hydroxylation is 1. The van der Waals surface area contributed by atoms with E-state index in [9.17, 15) is 4.79 Å². The van der Waals surface area contributed by atoms with Crippen LogP contribution in [0.2, 0.25) is 0 Å². The number of rotatable bonds is 5. The minimum atomic E-state index is -0.396. The summed E-state index contributed by atoms with van der Waals surface area (Å²) in [6.45, 7) is 3.17. The molecule has 94 valence electrons. The van der Waals surface area contributed by atoms with Crippen LogP contribution in [0.5, 0.6) is 0 Å². The molecular formula is C13H20N2O2. The molecule has 0 heterocycles. The highest BCUT2D eigenvalue weighted by atomic mass is 16.5. The molecule has 0 saturated carbocycles. The topological polar surface area (TPSA) is 41.6 Å². The zero-order valence-corrected chi connectivity index (χ0v) is 10.7. The smallest absolute Gasteiger partial charge is 0.411 e. The van der Waals surface area contributed by atoms with Gasteiger partial charge in [0.1, 0.15) is 6.61 Å². The highest BCUT2D eigenvalue weighted by Crippen LogP contribution is 2.15. The number of benzene rings is 1. The number of para-hydroxylation sites is 1. The van der Waals surface area contributed by atoms with E-state index in [2.05, 4.69) is 12.2 Å². The van der Waals surface area contributed by atoms with Crippen LogP contribution in [-0.2, 0) is 11.2 Å². The molecule has 1 N–H and O–H groups in total. The van der Waals surface area contributed by atoms with Gasteiger partial charge in [-0.15, -0.1) is 0 Å². The molecule has 1 aromatic carbocycles. The largest absolute Gasteiger partial charge is 0.448 e. The van der Waals surface area contributed by atoms with Crippen LogP contribution in [-0.4, -0.2) is 38.2 Å². The van der Waals surface area contributed by atoms with E-state index < -0.39 is 6.09 Å². The Morgan fingerprint density at radius 2 is 2.06 bits per heavy atom. The Balaban J connectivity index is 2.45. The fourth-order valence-electron chi connectivity index (χ4n) is 1.42. The third kappa shape index (κ3) is 4.87. The van der Waals surface area contributed by atoms with Crippen LogP contribution in [0, 0.1) is 0 Å². The molecule has 0 bridgehead atoms. The summed E-state index contributed by atoms with van der Waals surface area (Å²) in [6, 6.07) is 7.73. The molecule has 0 aliphatic carbocycles. The number of nitrogens with one attached hydrogen (secondary N) is 1. The van der Waals surface area contributed by atoms with Gasteiger partial charge in [0, 0.05) is 12.2 Å². The van der Waals surface area contributed by atoms with E-state index in [1.165, 1.54) is 0 Å². The molecule has 0 fully saturated rings. The molecule has 1 amide bonds. The van der Waals surface area contributed by atoms with Crippen molar-refractivity contribution in [1.29, 1.82) is 0 Å². The molecule has 0 aromatic heterocycles. The van der Waals surface area contributed by atoms with Gasteiger partial charge < -0.3 is 9.64 Å². The van der Waals surface area contributed by atoms with E-state index in [0.29, 0.717) is 6.61 Å². The Morgan fingerprint density at radius 3 is 2.71 bits per heavy atom. The molecule has 0 radical (unpaired) electrons. The molecule has 0 unspecified atom stereocenters. The number of ether oxygens (including phenoxy) is 1. The Hall–Kier alpha value is -1.55. The zero-order valence-electron chi connectivity index (χ0n) is 10.7. The predicted octanol–water partition coefficient (Wildman–Crippen LogP) is 2.36. The molecule has 1 rings (SSSR count). The summed E-state index contributed by atoms with van der Waals surface area (Å²) in [7, 11) is 3.88. The Bertz CT molecular complexity index is 364. The molecule has 0 spiro atoms. The molecule has 17 heavy (non-hydrogen) atoms. The lowest BCUT2D eigenvalue weighted by molar-refractivity contribution is 0.151. The van der Waals surface area contributed by atoms with E-state index in [1.807, 2.05) is 43.3 Å². The van der Waals surface area contributed by atoms with Gasteiger partial charge in [0.15, 0.2) is 0 Å². The van der Waals surface area contributed by atoms with Crippen molar-refractivity contribution in [3.05, 3.63) is 29.8 Å². The molecule has 0 saturated heterocycles. The maximum Gasteiger partial charge on any atom is 0.411 e. The van der Waals surface area contributed by atoms with Crippen LogP contribution in [0.25, 0.3) is 0 Å². The molecule has 4 nitrogen and oxygen atoms in total. The van der Waals surface area contributed by atoms with Crippen molar-refractivity contribution in [3.8, 4) is 0 Å². The molecule has 1 aromatic rings. The lowest BCUT2D eigenvalue weighted by Gasteiger charge is -2.12. The highest BCUT2D eigenvalue weighted by Gasteiger charge is 2.05. The first-order chi connectivity index (χ1) is 8.13. The van der Waals surface area contributed by atoms with Crippen molar-refractivity contribution in [3.63, 3.8) is 0 Å². The highest BCUT2D eigenvalue weighted by molar-refractivity contribution is 5.85. The van der Waals surface area contributed by atoms with Gasteiger partial charge in [-0.05, 0) is 32.1 Å². The van der Waals surface area contributed by atoms with E-state index >= 15 is 0 Å². The SMILES string of the molecule is CCc1ccccc1NC(=O)OCCN(C)C. The second-order valence-corrected chi connectivity index (χ2v) is 4.07.